The molecule has 0 unspecified atom stereocenters. The smallest absolute Gasteiger partial charge is 0.325 e. The van der Waals surface area contributed by atoms with Crippen LogP contribution in [0.3, 0.4) is 0 Å². The first-order valence-electron chi connectivity index (χ1n) is 6.15. The molecule has 1 aliphatic carbocycles. The molecule has 0 aromatic carbocycles. The molecule has 0 aromatic heterocycles. The number of nitrogens with two attached hydrogens (primary N) is 1. The summed E-state index contributed by atoms with van der Waals surface area (Å²) in [7, 11) is 0. The first kappa shape index (κ1) is 14.0. The maximum Gasteiger partial charge on any atom is 0.325 e. The number of carbonyl (C=O) groups is 2. The minimum absolute atomic E-state index is 0.207. The maximum atomic E-state index is 12.1. The van der Waals surface area contributed by atoms with Crippen molar-refractivity contribution in [1.82, 2.24) is 5.32 Å². The molecule has 1 saturated carbocycles. The van der Waals surface area contributed by atoms with Gasteiger partial charge in [0.25, 0.3) is 0 Å². The lowest BCUT2D eigenvalue weighted by atomic mass is 9.70. The van der Waals surface area contributed by atoms with Gasteiger partial charge in [0.05, 0.1) is 5.41 Å². The molecule has 0 aromatic rings. The Kier molecular flexibility index (Phi) is 4.51. The van der Waals surface area contributed by atoms with E-state index in [2.05, 4.69) is 12.2 Å². The van der Waals surface area contributed by atoms with E-state index < -0.39 is 17.4 Å². The number of amides is 1. The molecule has 1 aliphatic rings. The molecule has 1 atom stereocenters. The van der Waals surface area contributed by atoms with Gasteiger partial charge in [-0.15, -0.1) is 0 Å². The van der Waals surface area contributed by atoms with Gasteiger partial charge in [-0.25, -0.2) is 0 Å². The minimum Gasteiger partial charge on any atom is -0.480 e. The van der Waals surface area contributed by atoms with E-state index in [9.17, 15) is 9.59 Å². The van der Waals surface area contributed by atoms with E-state index in [1.54, 1.807) is 0 Å². The van der Waals surface area contributed by atoms with Gasteiger partial charge in [-0.3, -0.25) is 9.59 Å². The second kappa shape index (κ2) is 5.49. The molecule has 0 radical (unpaired) electrons. The minimum atomic E-state index is -1.02. The number of aliphatic carboxylic acids is 1. The van der Waals surface area contributed by atoms with Gasteiger partial charge in [-0.2, -0.15) is 0 Å². The summed E-state index contributed by atoms with van der Waals surface area (Å²) in [4.78, 5) is 22.8. The van der Waals surface area contributed by atoms with E-state index in [-0.39, 0.29) is 12.5 Å². The Morgan fingerprint density at radius 3 is 2.41 bits per heavy atom. The fraction of sp³-hybridized carbons (Fsp3) is 0.833. The van der Waals surface area contributed by atoms with Crippen LogP contribution >= 0.6 is 0 Å². The van der Waals surface area contributed by atoms with Gasteiger partial charge in [0.2, 0.25) is 5.91 Å². The van der Waals surface area contributed by atoms with E-state index in [1.165, 1.54) is 6.92 Å². The molecule has 0 heterocycles. The molecule has 5 heteroatoms. The monoisotopic (exact) mass is 242 g/mol. The highest BCUT2D eigenvalue weighted by atomic mass is 16.4. The molecule has 0 spiro atoms. The summed E-state index contributed by atoms with van der Waals surface area (Å²) in [6.45, 7) is 3.92. The predicted molar refractivity (Wildman–Crippen MR) is 64.4 cm³/mol. The molecular formula is C12H22N2O3. The van der Waals surface area contributed by atoms with Crippen LogP contribution in [0.5, 0.6) is 0 Å². The largest absolute Gasteiger partial charge is 0.480 e. The Bertz CT molecular complexity index is 296. The summed E-state index contributed by atoms with van der Waals surface area (Å²) in [6.07, 6.45) is 3.46. The van der Waals surface area contributed by atoms with Crippen molar-refractivity contribution in [2.45, 2.75) is 45.6 Å². The van der Waals surface area contributed by atoms with Crippen LogP contribution in [0, 0.1) is 11.3 Å². The van der Waals surface area contributed by atoms with E-state index in [4.69, 9.17) is 10.8 Å². The zero-order valence-corrected chi connectivity index (χ0v) is 10.5. The summed E-state index contributed by atoms with van der Waals surface area (Å²) >= 11 is 0. The highest BCUT2D eigenvalue weighted by molar-refractivity contribution is 5.87. The lowest BCUT2D eigenvalue weighted by Crippen LogP contribution is -2.51. The van der Waals surface area contributed by atoms with Crippen LogP contribution in [-0.4, -0.2) is 29.6 Å². The Morgan fingerprint density at radius 2 is 2.00 bits per heavy atom. The van der Waals surface area contributed by atoms with Gasteiger partial charge in [-0.1, -0.05) is 6.92 Å². The number of rotatable bonds is 4. The Labute approximate surface area is 102 Å². The molecule has 5 nitrogen and oxygen atoms in total. The molecule has 98 valence electrons. The second-order valence-electron chi connectivity index (χ2n) is 5.20. The highest BCUT2D eigenvalue weighted by Gasteiger charge is 2.40. The first-order chi connectivity index (χ1) is 7.91. The van der Waals surface area contributed by atoms with Crippen molar-refractivity contribution < 1.29 is 14.7 Å². The summed E-state index contributed by atoms with van der Waals surface area (Å²) in [5, 5.41) is 11.3. The highest BCUT2D eigenvalue weighted by Crippen LogP contribution is 2.38. The normalized spacial score (nSPS) is 30.6. The van der Waals surface area contributed by atoms with Crippen LogP contribution in [0.15, 0.2) is 0 Å². The number of nitrogens with one attached hydrogen (secondary N) is 1. The third kappa shape index (κ3) is 3.19. The van der Waals surface area contributed by atoms with Gasteiger partial charge in [0.1, 0.15) is 6.04 Å². The molecule has 0 bridgehead atoms. The Morgan fingerprint density at radius 1 is 1.47 bits per heavy atom. The Balaban J connectivity index is 2.67. The number of carboxylic acids is 1. The average molecular weight is 242 g/mol. The van der Waals surface area contributed by atoms with E-state index >= 15 is 0 Å². The molecule has 0 aliphatic heterocycles. The van der Waals surface area contributed by atoms with Gasteiger partial charge in [-0.05, 0) is 38.5 Å². The summed E-state index contributed by atoms with van der Waals surface area (Å²) in [6, 6.07) is -0.856. The number of hydrogen-bond donors (Lipinski definition) is 3. The van der Waals surface area contributed by atoms with Gasteiger partial charge < -0.3 is 16.2 Å². The third-order valence-corrected chi connectivity index (χ3v) is 3.82. The third-order valence-electron chi connectivity index (χ3n) is 3.82. The zero-order valence-electron chi connectivity index (χ0n) is 10.5. The van der Waals surface area contributed by atoms with Gasteiger partial charge >= 0.3 is 5.97 Å². The van der Waals surface area contributed by atoms with Crippen molar-refractivity contribution in [1.29, 1.82) is 0 Å². The molecule has 1 rings (SSSR count). The van der Waals surface area contributed by atoms with Gasteiger partial charge in [0.15, 0.2) is 0 Å². The molecule has 0 saturated heterocycles. The van der Waals surface area contributed by atoms with E-state index in [0.717, 1.165) is 25.7 Å². The van der Waals surface area contributed by atoms with Crippen molar-refractivity contribution in [3.8, 4) is 0 Å². The van der Waals surface area contributed by atoms with E-state index in [1.807, 2.05) is 0 Å². The lowest BCUT2D eigenvalue weighted by Gasteiger charge is -2.37. The van der Waals surface area contributed by atoms with Crippen molar-refractivity contribution in [2.75, 3.05) is 6.54 Å². The molecule has 17 heavy (non-hydrogen) atoms. The van der Waals surface area contributed by atoms with Crippen molar-refractivity contribution in [3.63, 3.8) is 0 Å². The SMILES string of the molecule is CC1CCC(CN)(C(=O)N[C@@H](C)C(=O)O)CC1. The zero-order chi connectivity index (χ0) is 13.1. The van der Waals surface area contributed by atoms with Crippen LogP contribution in [0.25, 0.3) is 0 Å². The average Bonchev–Trinajstić information content (AvgIpc) is 2.30. The van der Waals surface area contributed by atoms with Crippen LogP contribution < -0.4 is 11.1 Å². The Hall–Kier alpha value is -1.10. The van der Waals surface area contributed by atoms with Crippen LogP contribution in [0.1, 0.15) is 39.5 Å². The molecule has 1 fully saturated rings. The topological polar surface area (TPSA) is 92.4 Å². The lowest BCUT2D eigenvalue weighted by molar-refractivity contribution is -0.144. The van der Waals surface area contributed by atoms with E-state index in [0.29, 0.717) is 5.92 Å². The van der Waals surface area contributed by atoms with Crippen LogP contribution in [-0.2, 0) is 9.59 Å². The summed E-state index contributed by atoms with van der Waals surface area (Å²) in [5.74, 6) is -0.601. The van der Waals surface area contributed by atoms with Crippen molar-refractivity contribution >= 4 is 11.9 Å². The quantitative estimate of drug-likeness (QED) is 0.677. The standard InChI is InChI=1S/C12H22N2O3/c1-8-3-5-12(7-13,6-4-8)11(17)14-9(2)10(15)16/h8-9H,3-7,13H2,1-2H3,(H,14,17)(H,15,16)/t8?,9-,12?/m0/s1. The predicted octanol–water partition coefficient (Wildman–Crippen LogP) is 0.731. The molecular weight excluding hydrogens is 220 g/mol. The first-order valence-corrected chi connectivity index (χ1v) is 6.15. The second-order valence-corrected chi connectivity index (χ2v) is 5.20. The molecule has 1 amide bonds. The van der Waals surface area contributed by atoms with Crippen LogP contribution in [0.4, 0.5) is 0 Å². The maximum absolute atomic E-state index is 12.1. The fourth-order valence-corrected chi connectivity index (χ4v) is 2.25. The van der Waals surface area contributed by atoms with Gasteiger partial charge in [0, 0.05) is 6.54 Å². The molecule has 4 N–H and O–H groups in total. The van der Waals surface area contributed by atoms with Crippen molar-refractivity contribution in [3.05, 3.63) is 0 Å². The number of carbonyl (C=O) groups excluding carboxylic acids is 1. The number of carboxylic acid groups (broad SMARTS) is 1. The summed E-state index contributed by atoms with van der Waals surface area (Å²) in [5.41, 5.74) is 5.17. The fourth-order valence-electron chi connectivity index (χ4n) is 2.25. The summed E-state index contributed by atoms with van der Waals surface area (Å²) < 4.78 is 0. The van der Waals surface area contributed by atoms with Crippen LogP contribution in [0.2, 0.25) is 0 Å². The number of hydrogen-bond acceptors (Lipinski definition) is 3. The van der Waals surface area contributed by atoms with Crippen molar-refractivity contribution in [2.24, 2.45) is 17.1 Å².